The number of likely N-dealkylation sites (N-methyl/N-ethyl adjacent to an activating group) is 1. The second kappa shape index (κ2) is 15.5. The van der Waals surface area contributed by atoms with Crippen LogP contribution in [0.4, 0.5) is 0 Å². The van der Waals surface area contributed by atoms with Crippen molar-refractivity contribution in [3.63, 3.8) is 0 Å². The number of aromatic nitrogens is 3. The van der Waals surface area contributed by atoms with Crippen molar-refractivity contribution in [1.29, 1.82) is 0 Å². The van der Waals surface area contributed by atoms with Crippen molar-refractivity contribution in [2.45, 2.75) is 59.7 Å². The molecule has 0 aliphatic carbocycles. The number of carbonyl (C=O) groups is 1. The van der Waals surface area contributed by atoms with Crippen molar-refractivity contribution >= 4 is 17.5 Å². The van der Waals surface area contributed by atoms with Gasteiger partial charge in [0.05, 0.1) is 0 Å². The van der Waals surface area contributed by atoms with Crippen LogP contribution in [-0.4, -0.2) is 46.0 Å². The zero-order chi connectivity index (χ0) is 31.6. The molecule has 10 heteroatoms. The van der Waals surface area contributed by atoms with E-state index in [2.05, 4.69) is 21.5 Å². The van der Waals surface area contributed by atoms with E-state index in [1.54, 1.807) is 31.3 Å². The average molecular weight is 609 g/mol. The second-order valence-electron chi connectivity index (χ2n) is 11.1. The summed E-state index contributed by atoms with van der Waals surface area (Å²) in [5.74, 6) is 1.29. The molecule has 0 aliphatic heterocycles. The van der Waals surface area contributed by atoms with Crippen LogP contribution in [0.25, 0.3) is 0 Å². The lowest BCUT2D eigenvalue weighted by atomic mass is 9.88. The Hall–Kier alpha value is -3.92. The summed E-state index contributed by atoms with van der Waals surface area (Å²) in [5, 5.41) is 17.8. The van der Waals surface area contributed by atoms with Gasteiger partial charge in [0.2, 0.25) is 6.23 Å². The van der Waals surface area contributed by atoms with Gasteiger partial charge in [-0.1, -0.05) is 68.8 Å². The van der Waals surface area contributed by atoms with Gasteiger partial charge in [-0.25, -0.2) is 9.67 Å². The minimum absolute atomic E-state index is 0.174. The smallest absolute Gasteiger partial charge is 0.253 e. The molecule has 1 amide bonds. The lowest BCUT2D eigenvalue weighted by Crippen LogP contribution is -2.38. The average Bonchev–Trinajstić information content (AvgIpc) is 3.52. The molecule has 3 unspecified atom stereocenters. The highest BCUT2D eigenvalue weighted by Crippen LogP contribution is 2.30. The van der Waals surface area contributed by atoms with Gasteiger partial charge in [-0.05, 0) is 71.8 Å². The van der Waals surface area contributed by atoms with E-state index in [-0.39, 0.29) is 11.3 Å². The third kappa shape index (κ3) is 9.54. The van der Waals surface area contributed by atoms with Gasteiger partial charge in [-0.15, -0.1) is 0 Å². The van der Waals surface area contributed by atoms with Gasteiger partial charge in [0.25, 0.3) is 5.91 Å². The van der Waals surface area contributed by atoms with Crippen molar-refractivity contribution in [2.75, 3.05) is 14.2 Å². The molecule has 0 saturated carbocycles. The zero-order valence-electron chi connectivity index (χ0n) is 25.7. The molecule has 4 aromatic rings. The van der Waals surface area contributed by atoms with Crippen LogP contribution in [0, 0.1) is 19.3 Å². The maximum atomic E-state index is 12.0. The van der Waals surface area contributed by atoms with E-state index in [9.17, 15) is 9.90 Å². The Morgan fingerprint density at radius 3 is 2.37 bits per heavy atom. The van der Waals surface area contributed by atoms with Crippen molar-refractivity contribution in [3.8, 4) is 11.5 Å². The van der Waals surface area contributed by atoms with Crippen LogP contribution in [0.5, 0.6) is 11.5 Å². The molecular formula is C33H41ClN4O5. The third-order valence-electron chi connectivity index (χ3n) is 6.71. The number of methoxy groups -OCH3 is 1. The van der Waals surface area contributed by atoms with E-state index in [0.717, 1.165) is 28.0 Å². The minimum Gasteiger partial charge on any atom is -0.489 e. The number of benzene rings is 3. The standard InChI is InChI=1S/C19H23NO3.C14H18ClN3O2/c1-13-9-10-14(2)17(11-13)23-12-15-7-5-6-8-16(15)18(22-4)19(21)20-3;1-14(2,3)12(19)13(18-9-16-8-17-18)20-11-6-4-10(15)5-7-11/h5-11,18H,12H2,1-4H3,(H,20,21);4-9,12-13,19H,1-3H3. The number of hydrogen-bond donors (Lipinski definition) is 2. The number of ether oxygens (including phenoxy) is 3. The SMILES string of the molecule is CC(C)(C)C(O)C(Oc1ccc(Cl)cc1)n1cncn1.CNC(=O)C(OC)c1ccccc1COc1cc(C)ccc1C. The summed E-state index contributed by atoms with van der Waals surface area (Å²) in [6, 6.07) is 20.8. The molecule has 0 fully saturated rings. The van der Waals surface area contributed by atoms with Gasteiger partial charge in [-0.2, -0.15) is 5.10 Å². The van der Waals surface area contributed by atoms with Gasteiger partial charge in [0.15, 0.2) is 6.10 Å². The number of amides is 1. The largest absolute Gasteiger partial charge is 0.489 e. The highest BCUT2D eigenvalue weighted by atomic mass is 35.5. The highest BCUT2D eigenvalue weighted by Gasteiger charge is 2.34. The van der Waals surface area contributed by atoms with Crippen LogP contribution in [0.3, 0.4) is 0 Å². The fourth-order valence-corrected chi connectivity index (χ4v) is 4.26. The summed E-state index contributed by atoms with van der Waals surface area (Å²) in [6.07, 6.45) is 0.889. The number of nitrogens with one attached hydrogen (secondary N) is 1. The van der Waals surface area contributed by atoms with Gasteiger partial charge < -0.3 is 24.6 Å². The lowest BCUT2D eigenvalue weighted by Gasteiger charge is -2.32. The van der Waals surface area contributed by atoms with Crippen LogP contribution in [-0.2, 0) is 16.1 Å². The molecule has 0 spiro atoms. The van der Waals surface area contributed by atoms with Crippen molar-refractivity contribution in [1.82, 2.24) is 20.1 Å². The van der Waals surface area contributed by atoms with Crippen LogP contribution < -0.4 is 14.8 Å². The van der Waals surface area contributed by atoms with Crippen molar-refractivity contribution in [3.05, 3.63) is 107 Å². The van der Waals surface area contributed by atoms with Crippen molar-refractivity contribution < 1.29 is 24.1 Å². The molecule has 1 aromatic heterocycles. The fourth-order valence-electron chi connectivity index (χ4n) is 4.14. The van der Waals surface area contributed by atoms with E-state index < -0.39 is 18.4 Å². The predicted octanol–water partition coefficient (Wildman–Crippen LogP) is 6.23. The van der Waals surface area contributed by atoms with Gasteiger partial charge in [-0.3, -0.25) is 4.79 Å². The number of carbonyl (C=O) groups excluding carboxylic acids is 1. The zero-order valence-corrected chi connectivity index (χ0v) is 26.5. The van der Waals surface area contributed by atoms with Gasteiger partial charge in [0, 0.05) is 19.2 Å². The molecule has 0 aliphatic rings. The topological polar surface area (TPSA) is 108 Å². The van der Waals surface area contributed by atoms with Gasteiger partial charge >= 0.3 is 0 Å². The van der Waals surface area contributed by atoms with Crippen LogP contribution in [0.2, 0.25) is 5.02 Å². The maximum absolute atomic E-state index is 12.0. The number of aliphatic hydroxyl groups is 1. The first kappa shape index (κ1) is 33.6. The van der Waals surface area contributed by atoms with E-state index >= 15 is 0 Å². The van der Waals surface area contributed by atoms with Gasteiger partial charge in [0.1, 0.15) is 36.9 Å². The number of aliphatic hydroxyl groups excluding tert-OH is 1. The molecule has 0 radical (unpaired) electrons. The number of aryl methyl sites for hydroxylation is 2. The molecule has 0 bridgehead atoms. The molecule has 3 aromatic carbocycles. The maximum Gasteiger partial charge on any atom is 0.253 e. The lowest BCUT2D eigenvalue weighted by molar-refractivity contribution is -0.130. The summed E-state index contributed by atoms with van der Waals surface area (Å²) in [7, 11) is 3.13. The van der Waals surface area contributed by atoms with Crippen LogP contribution >= 0.6 is 11.6 Å². The van der Waals surface area contributed by atoms with E-state index in [1.807, 2.05) is 71.0 Å². The Bertz CT molecular complexity index is 1440. The monoisotopic (exact) mass is 608 g/mol. The van der Waals surface area contributed by atoms with E-state index in [0.29, 0.717) is 17.4 Å². The fraction of sp³-hybridized carbons (Fsp3) is 0.364. The Morgan fingerprint density at radius 2 is 1.77 bits per heavy atom. The number of nitrogens with zero attached hydrogens (tertiary/aromatic N) is 3. The third-order valence-corrected chi connectivity index (χ3v) is 6.96. The number of hydrogen-bond acceptors (Lipinski definition) is 7. The molecule has 43 heavy (non-hydrogen) atoms. The molecule has 4 rings (SSSR count). The Balaban J connectivity index is 0.000000238. The first-order valence-electron chi connectivity index (χ1n) is 13.9. The van der Waals surface area contributed by atoms with E-state index in [4.69, 9.17) is 25.8 Å². The van der Waals surface area contributed by atoms with Crippen LogP contribution in [0.1, 0.15) is 55.4 Å². The molecule has 0 saturated heterocycles. The Labute approximate surface area is 258 Å². The molecule has 230 valence electrons. The minimum atomic E-state index is -0.750. The number of rotatable bonds is 10. The quantitative estimate of drug-likeness (QED) is 0.220. The Morgan fingerprint density at radius 1 is 1.07 bits per heavy atom. The van der Waals surface area contributed by atoms with Crippen molar-refractivity contribution in [2.24, 2.45) is 5.41 Å². The predicted molar refractivity (Wildman–Crippen MR) is 167 cm³/mol. The second-order valence-corrected chi connectivity index (χ2v) is 11.6. The first-order chi connectivity index (χ1) is 20.4. The highest BCUT2D eigenvalue weighted by molar-refractivity contribution is 6.30. The molecule has 3 atom stereocenters. The summed E-state index contributed by atoms with van der Waals surface area (Å²) < 4.78 is 18.7. The van der Waals surface area contributed by atoms with E-state index in [1.165, 1.54) is 24.4 Å². The summed E-state index contributed by atoms with van der Waals surface area (Å²) in [4.78, 5) is 15.9. The normalized spacial score (nSPS) is 13.2. The molecule has 1 heterocycles. The summed E-state index contributed by atoms with van der Waals surface area (Å²) in [6.45, 7) is 10.2. The summed E-state index contributed by atoms with van der Waals surface area (Å²) >= 11 is 5.85. The summed E-state index contributed by atoms with van der Waals surface area (Å²) in [5.41, 5.74) is 3.63. The molecule has 2 N–H and O–H groups in total. The first-order valence-corrected chi connectivity index (χ1v) is 14.3. The Kier molecular flexibility index (Phi) is 12.1. The molecular weight excluding hydrogens is 568 g/mol. The number of halogens is 1. The van der Waals surface area contributed by atoms with Crippen LogP contribution in [0.15, 0.2) is 79.4 Å². The molecule has 9 nitrogen and oxygen atoms in total.